The predicted molar refractivity (Wildman–Crippen MR) is 192 cm³/mol. The molecular weight excluding hydrogens is 836 g/mol. The first-order valence-corrected chi connectivity index (χ1v) is 21.2. The van der Waals surface area contributed by atoms with Crippen molar-refractivity contribution in [2.24, 2.45) is 0 Å². The number of nitrogens with one attached hydrogen (secondary N) is 3. The lowest BCUT2D eigenvalue weighted by Gasteiger charge is -2.49. The fourth-order valence-corrected chi connectivity index (χ4v) is 8.52. The Hall–Kier alpha value is -3.21. The van der Waals surface area contributed by atoms with Gasteiger partial charge in [0.15, 0.2) is 11.1 Å². The number of alkyl halides is 3. The van der Waals surface area contributed by atoms with Gasteiger partial charge in [-0.15, -0.1) is 0 Å². The fraction of sp³-hybridized carbons (Fsp3) is 0.595. The lowest BCUT2D eigenvalue weighted by molar-refractivity contribution is -0.729. The largest absolute Gasteiger partial charge is 0.625 e. The zero-order valence-electron chi connectivity index (χ0n) is 31.3. The Kier molecular flexibility index (Phi) is 16.0. The van der Waals surface area contributed by atoms with Gasteiger partial charge in [0.1, 0.15) is 38.4 Å². The minimum absolute atomic E-state index is 0.0326. The van der Waals surface area contributed by atoms with Crippen LogP contribution in [-0.4, -0.2) is 134 Å². The number of amides is 5. The summed E-state index contributed by atoms with van der Waals surface area (Å²) in [5.74, 6) is -6.42. The highest BCUT2D eigenvalue weighted by Crippen LogP contribution is 2.38. The molecule has 2 unspecified atom stereocenters. The van der Waals surface area contributed by atoms with Crippen LogP contribution in [0.4, 0.5) is 4.39 Å². The topological polar surface area (TPSA) is 226 Å². The maximum Gasteiger partial charge on any atom is 0.377 e. The first-order chi connectivity index (χ1) is 26.1. The van der Waals surface area contributed by atoms with Crippen LogP contribution >= 0.6 is 0 Å². The van der Waals surface area contributed by atoms with E-state index in [4.69, 9.17) is 9.47 Å². The molecule has 4 rings (SSSR count). The van der Waals surface area contributed by atoms with Crippen LogP contribution in [0.1, 0.15) is 57.9 Å². The number of hydroxylamine groups is 6. The molecular formula is C37H52FIN5O11+. The molecule has 3 saturated heterocycles. The first-order valence-electron chi connectivity index (χ1n) is 18.4. The maximum atomic E-state index is 13.9. The van der Waals surface area contributed by atoms with Crippen molar-refractivity contribution < 1.29 is 78.5 Å². The Morgan fingerprint density at radius 3 is 2.33 bits per heavy atom. The number of quaternary nitrogens is 2. The lowest BCUT2D eigenvalue weighted by Crippen LogP contribution is -3.67. The van der Waals surface area contributed by atoms with Crippen LogP contribution in [-0.2, 0) is 33.4 Å². The van der Waals surface area contributed by atoms with Crippen molar-refractivity contribution in [3.63, 3.8) is 0 Å². The van der Waals surface area contributed by atoms with Gasteiger partial charge in [0.2, 0.25) is 5.91 Å². The number of halogens is 2. The summed E-state index contributed by atoms with van der Waals surface area (Å²) in [5.41, 5.74) is 1.45. The van der Waals surface area contributed by atoms with Gasteiger partial charge in [-0.1, -0.05) is 61.9 Å². The second kappa shape index (κ2) is 19.8. The number of rotatable bonds is 20. The summed E-state index contributed by atoms with van der Waals surface area (Å²) >= 11 is -1.34. The summed E-state index contributed by atoms with van der Waals surface area (Å²) in [5, 5.41) is 55.5. The summed E-state index contributed by atoms with van der Waals surface area (Å²) in [6, 6.07) is 6.93. The quantitative estimate of drug-likeness (QED) is 0.0135. The number of hydrogen-bond acceptors (Lipinski definition) is 11. The van der Waals surface area contributed by atoms with Crippen LogP contribution in [0.5, 0.6) is 0 Å². The van der Waals surface area contributed by atoms with Gasteiger partial charge in [0, 0.05) is 12.5 Å². The number of aliphatic hydroxyl groups is 2. The minimum Gasteiger partial charge on any atom is -0.625 e. The van der Waals surface area contributed by atoms with Gasteiger partial charge in [-0.3, -0.25) is 23.7 Å². The van der Waals surface area contributed by atoms with Crippen molar-refractivity contribution in [3.05, 3.63) is 70.1 Å². The molecule has 0 radical (unpaired) electrons. The molecule has 3 aliphatic rings. The van der Waals surface area contributed by atoms with E-state index in [2.05, 4.69) is 16.0 Å². The Bertz CT molecular complexity index is 1590. The smallest absolute Gasteiger partial charge is 0.377 e. The molecule has 3 fully saturated rings. The molecule has 0 aliphatic carbocycles. The number of unbranched alkanes of at least 4 members (excludes halogenated alkanes) is 2. The fourth-order valence-electron chi connectivity index (χ4n) is 6.17. The number of aliphatic hydroxyl groups excluding tert-OH is 2. The molecule has 5 N–H and O–H groups in total. The molecule has 7 atom stereocenters. The Morgan fingerprint density at radius 1 is 1.05 bits per heavy atom. The lowest BCUT2D eigenvalue weighted by atomic mass is 9.87. The number of nitrogens with zero attached hydrogens (tertiary/aromatic N) is 2. The van der Waals surface area contributed by atoms with Crippen molar-refractivity contribution >= 4 is 29.5 Å². The highest BCUT2D eigenvalue weighted by Gasteiger charge is 2.67. The van der Waals surface area contributed by atoms with E-state index >= 15 is 0 Å². The van der Waals surface area contributed by atoms with Crippen LogP contribution < -0.4 is 37.2 Å². The first kappa shape index (κ1) is 44.5. The summed E-state index contributed by atoms with van der Waals surface area (Å²) < 4.78 is 22.4. The molecule has 3 aliphatic heterocycles. The molecule has 1 aromatic carbocycles. The van der Waals surface area contributed by atoms with Gasteiger partial charge in [-0.2, -0.15) is 0 Å². The Balaban J connectivity index is 1.47. The average Bonchev–Trinajstić information content (AvgIpc) is 4.11. The highest BCUT2D eigenvalue weighted by molar-refractivity contribution is 5.96. The normalized spacial score (nSPS) is 26.4. The van der Waals surface area contributed by atoms with Gasteiger partial charge in [0.25, 0.3) is 15.9 Å². The summed E-state index contributed by atoms with van der Waals surface area (Å²) in [6.45, 7) is 3.26. The summed E-state index contributed by atoms with van der Waals surface area (Å²) in [7, 11) is 0. The van der Waals surface area contributed by atoms with Gasteiger partial charge >= 0.3 is 38.8 Å². The van der Waals surface area contributed by atoms with Crippen molar-refractivity contribution in [1.29, 1.82) is 0 Å². The van der Waals surface area contributed by atoms with Crippen molar-refractivity contribution in [1.82, 2.24) is 16.0 Å². The minimum atomic E-state index is -2.65. The molecule has 0 spiro atoms. The van der Waals surface area contributed by atoms with Gasteiger partial charge in [-0.25, -0.2) is 14.0 Å². The third kappa shape index (κ3) is 11.9. The van der Waals surface area contributed by atoms with Crippen LogP contribution in [0.3, 0.4) is 0 Å². The zero-order chi connectivity index (χ0) is 40.4. The van der Waals surface area contributed by atoms with Crippen LogP contribution in [0.2, 0.25) is 0 Å². The third-order valence-electron chi connectivity index (χ3n) is 9.71. The van der Waals surface area contributed by atoms with E-state index < -0.39 is 101 Å². The molecule has 18 heteroatoms. The second-order valence-electron chi connectivity index (χ2n) is 14.0. The SMILES string of the molecule is C/C=C(\C=C/C(C)c1ccccc1)C(=O)NC[C@@H](O)[I+]CC1O[C@@](OCCCCCC(=O)[N+]2([O-])CC2)(C(=O)[N+]2([O-])CC2)[C@@H](O)[C@H](NC(=O)CF)[C@H]1NC(C)=O. The van der Waals surface area contributed by atoms with Gasteiger partial charge < -0.3 is 46.1 Å². The number of carbonyl (C=O) groups is 5. The van der Waals surface area contributed by atoms with E-state index in [-0.39, 0.29) is 62.5 Å². The van der Waals surface area contributed by atoms with Crippen molar-refractivity contribution in [2.75, 3.05) is 50.4 Å². The zero-order valence-corrected chi connectivity index (χ0v) is 33.4. The average molecular weight is 889 g/mol. The second-order valence-corrected chi connectivity index (χ2v) is 17.2. The summed E-state index contributed by atoms with van der Waals surface area (Å²) in [6.07, 6.45) is 2.95. The van der Waals surface area contributed by atoms with Crippen LogP contribution in [0, 0.1) is 10.4 Å². The molecule has 1 aromatic rings. The van der Waals surface area contributed by atoms with Crippen molar-refractivity contribution in [3.8, 4) is 0 Å². The number of carbonyl (C=O) groups excluding carboxylic acids is 5. The molecule has 0 aromatic heterocycles. The molecule has 0 bridgehead atoms. The third-order valence-corrected chi connectivity index (χ3v) is 12.5. The van der Waals surface area contributed by atoms with E-state index in [1.165, 1.54) is 6.92 Å². The Labute approximate surface area is 330 Å². The number of benzene rings is 1. The molecule has 0 saturated carbocycles. The highest BCUT2D eigenvalue weighted by atomic mass is 127. The number of hydrogen-bond donors (Lipinski definition) is 5. The molecule has 55 heavy (non-hydrogen) atoms. The molecule has 16 nitrogen and oxygen atoms in total. The molecule has 304 valence electrons. The van der Waals surface area contributed by atoms with E-state index in [1.807, 2.05) is 43.3 Å². The standard InChI is InChI=1S/C37H51FIN5O11/c1-4-26(15-14-24(2)27-11-7-5-8-12-27)35(50)40-23-29(46)39-22-28-32(41-25(3)45)33(42-30(47)21-38)34(49)37(55-28,36(51)44(53)18-19-44)54-20-10-6-9-13-31(48)43(52)16-17-43/h4-5,7-8,11-12,14-15,24,28-29,32-34,46,49H,6,9-10,13,16-23H2,1-3H3,(H2-,40,41,42,45,47,50)/p+1/b15-14-,26-4+/t24?,28?,29-,32+,33-,34+,37-/m1/s1. The van der Waals surface area contributed by atoms with E-state index in [0.29, 0.717) is 18.4 Å². The van der Waals surface area contributed by atoms with Gasteiger partial charge in [0.05, 0.1) is 31.7 Å². The number of allylic oxidation sites excluding steroid dienone is 2. The summed E-state index contributed by atoms with van der Waals surface area (Å²) in [4.78, 5) is 63.7. The number of ether oxygens (including phenoxy) is 2. The van der Waals surface area contributed by atoms with E-state index in [1.54, 1.807) is 19.1 Å². The Morgan fingerprint density at radius 2 is 1.73 bits per heavy atom. The van der Waals surface area contributed by atoms with E-state index in [9.17, 15) is 49.0 Å². The maximum absolute atomic E-state index is 13.9. The molecule has 5 amide bonds. The van der Waals surface area contributed by atoms with Crippen LogP contribution in [0.15, 0.2) is 54.1 Å². The van der Waals surface area contributed by atoms with E-state index in [0.717, 1.165) is 5.56 Å². The van der Waals surface area contributed by atoms with Crippen molar-refractivity contribution in [2.45, 2.75) is 86.6 Å². The molecule has 3 heterocycles. The van der Waals surface area contributed by atoms with Gasteiger partial charge in [-0.05, 0) is 31.2 Å². The predicted octanol–water partition coefficient (Wildman–Crippen LogP) is -2.48. The monoisotopic (exact) mass is 888 g/mol. The van der Waals surface area contributed by atoms with Crippen LogP contribution in [0.25, 0.3) is 0 Å².